The highest BCUT2D eigenvalue weighted by Crippen LogP contribution is 2.35. The quantitative estimate of drug-likeness (QED) is 0.755. The van der Waals surface area contributed by atoms with Gasteiger partial charge in [0, 0.05) is 17.7 Å². The van der Waals surface area contributed by atoms with Gasteiger partial charge in [0.1, 0.15) is 5.82 Å². The van der Waals surface area contributed by atoms with Gasteiger partial charge in [-0.25, -0.2) is 4.39 Å². The molecule has 17 heavy (non-hydrogen) atoms. The monoisotopic (exact) mass is 239 g/mol. The Labute approximate surface area is 103 Å². The van der Waals surface area contributed by atoms with Crippen molar-refractivity contribution in [3.63, 3.8) is 0 Å². The molecule has 1 unspecified atom stereocenters. The summed E-state index contributed by atoms with van der Waals surface area (Å²) in [4.78, 5) is 4.24. The summed E-state index contributed by atoms with van der Waals surface area (Å²) in [6, 6.07) is 3.25. The summed E-state index contributed by atoms with van der Waals surface area (Å²) in [5.74, 6) is -0.293. The summed E-state index contributed by atoms with van der Waals surface area (Å²) in [7, 11) is 0. The van der Waals surface area contributed by atoms with Crippen LogP contribution in [-0.4, -0.2) is 17.7 Å². The Balaban J connectivity index is 3.09. The molecule has 0 aliphatic rings. The molecular weight excluding hydrogens is 217 g/mol. The average molecular weight is 239 g/mol. The maximum Gasteiger partial charge on any atom is 0.141 e. The number of nitrogens with zero attached hydrogens (tertiary/aromatic N) is 1. The van der Waals surface area contributed by atoms with Gasteiger partial charge in [0.05, 0.1) is 12.3 Å². The lowest BCUT2D eigenvalue weighted by Crippen LogP contribution is -2.39. The largest absolute Gasteiger partial charge is 0.378 e. The van der Waals surface area contributed by atoms with Gasteiger partial charge in [0.25, 0.3) is 0 Å². The van der Waals surface area contributed by atoms with Gasteiger partial charge in [0.15, 0.2) is 0 Å². The fourth-order valence-electron chi connectivity index (χ4n) is 2.48. The van der Waals surface area contributed by atoms with Crippen molar-refractivity contribution in [3.8, 4) is 0 Å². The van der Waals surface area contributed by atoms with E-state index in [1.54, 1.807) is 6.07 Å². The van der Waals surface area contributed by atoms with Crippen LogP contribution < -0.4 is 0 Å². The second kappa shape index (κ2) is 6.10. The van der Waals surface area contributed by atoms with Gasteiger partial charge in [0.2, 0.25) is 0 Å². The summed E-state index contributed by atoms with van der Waals surface area (Å²) in [5, 5.41) is 0. The normalized spacial score (nSPS) is 13.7. The predicted molar refractivity (Wildman–Crippen MR) is 67.5 cm³/mol. The van der Waals surface area contributed by atoms with E-state index < -0.39 is 0 Å². The third-order valence-electron chi connectivity index (χ3n) is 3.69. The van der Waals surface area contributed by atoms with Gasteiger partial charge in [-0.15, -0.1) is 0 Å². The number of pyridine rings is 1. The van der Waals surface area contributed by atoms with Crippen LogP contribution in [0.2, 0.25) is 0 Å². The lowest BCUT2D eigenvalue weighted by Gasteiger charge is -2.36. The standard InChI is InChI=1S/C14H22FNO/c1-5-14(6-2,11(4)17-7-3)13-9-8-12(15)10-16-13/h8-11H,5-7H2,1-4H3. The molecule has 0 saturated heterocycles. The molecule has 0 fully saturated rings. The highest BCUT2D eigenvalue weighted by Gasteiger charge is 2.36. The fraction of sp³-hybridized carbons (Fsp3) is 0.643. The van der Waals surface area contributed by atoms with Crippen LogP contribution >= 0.6 is 0 Å². The third-order valence-corrected chi connectivity index (χ3v) is 3.69. The Kier molecular flexibility index (Phi) is 5.06. The summed E-state index contributed by atoms with van der Waals surface area (Å²) in [5.41, 5.74) is 0.800. The Bertz CT molecular complexity index is 333. The second-order valence-corrected chi connectivity index (χ2v) is 4.32. The van der Waals surface area contributed by atoms with E-state index >= 15 is 0 Å². The van der Waals surface area contributed by atoms with Crippen molar-refractivity contribution in [3.05, 3.63) is 29.8 Å². The van der Waals surface area contributed by atoms with Gasteiger partial charge < -0.3 is 4.74 Å². The number of hydrogen-bond acceptors (Lipinski definition) is 2. The summed E-state index contributed by atoms with van der Waals surface area (Å²) < 4.78 is 18.7. The molecule has 1 atom stereocenters. The van der Waals surface area contributed by atoms with Crippen LogP contribution in [0.25, 0.3) is 0 Å². The molecule has 0 spiro atoms. The first-order chi connectivity index (χ1) is 8.10. The van der Waals surface area contributed by atoms with Crippen molar-refractivity contribution in [1.29, 1.82) is 0 Å². The molecule has 0 saturated carbocycles. The maximum atomic E-state index is 12.9. The van der Waals surface area contributed by atoms with Gasteiger partial charge >= 0.3 is 0 Å². The molecule has 3 heteroatoms. The van der Waals surface area contributed by atoms with Crippen molar-refractivity contribution in [2.24, 2.45) is 0 Å². The molecule has 1 rings (SSSR count). The van der Waals surface area contributed by atoms with E-state index in [2.05, 4.69) is 25.8 Å². The predicted octanol–water partition coefficient (Wildman–Crippen LogP) is 3.70. The molecule has 0 bridgehead atoms. The van der Waals surface area contributed by atoms with Gasteiger partial charge in [-0.05, 0) is 38.8 Å². The first-order valence-electron chi connectivity index (χ1n) is 6.34. The van der Waals surface area contributed by atoms with Crippen LogP contribution in [0.15, 0.2) is 18.3 Å². The molecule has 0 aliphatic carbocycles. The van der Waals surface area contributed by atoms with E-state index in [1.807, 2.05) is 6.92 Å². The molecule has 0 aliphatic heterocycles. The number of ether oxygens (including phenoxy) is 1. The van der Waals surface area contributed by atoms with Crippen molar-refractivity contribution in [1.82, 2.24) is 4.98 Å². The number of hydrogen-bond donors (Lipinski definition) is 0. The molecule has 2 nitrogen and oxygen atoms in total. The summed E-state index contributed by atoms with van der Waals surface area (Å²) in [6.07, 6.45) is 3.24. The number of halogens is 1. The minimum atomic E-state index is -0.293. The smallest absolute Gasteiger partial charge is 0.141 e. The zero-order valence-electron chi connectivity index (χ0n) is 11.2. The molecule has 0 amide bonds. The molecule has 96 valence electrons. The lowest BCUT2D eigenvalue weighted by molar-refractivity contribution is 0.00893. The van der Waals surface area contributed by atoms with E-state index in [0.717, 1.165) is 18.5 Å². The highest BCUT2D eigenvalue weighted by molar-refractivity contribution is 5.19. The van der Waals surface area contributed by atoms with Crippen LogP contribution in [0.5, 0.6) is 0 Å². The fourth-order valence-corrected chi connectivity index (χ4v) is 2.48. The number of aromatic nitrogens is 1. The molecule has 1 heterocycles. The highest BCUT2D eigenvalue weighted by atomic mass is 19.1. The third kappa shape index (κ3) is 2.83. The van der Waals surface area contributed by atoms with Gasteiger partial charge in [-0.2, -0.15) is 0 Å². The van der Waals surface area contributed by atoms with Crippen LogP contribution in [0.3, 0.4) is 0 Å². The first kappa shape index (κ1) is 14.1. The molecule has 0 N–H and O–H groups in total. The Morgan fingerprint density at radius 3 is 2.35 bits per heavy atom. The Hall–Kier alpha value is -0.960. The van der Waals surface area contributed by atoms with Crippen molar-refractivity contribution < 1.29 is 9.13 Å². The molecule has 1 aromatic rings. The van der Waals surface area contributed by atoms with Crippen LogP contribution in [0.4, 0.5) is 4.39 Å². The van der Waals surface area contributed by atoms with E-state index in [9.17, 15) is 4.39 Å². The Morgan fingerprint density at radius 1 is 1.29 bits per heavy atom. The van der Waals surface area contributed by atoms with E-state index in [1.165, 1.54) is 12.3 Å². The first-order valence-corrected chi connectivity index (χ1v) is 6.34. The van der Waals surface area contributed by atoms with Crippen molar-refractivity contribution >= 4 is 0 Å². The summed E-state index contributed by atoms with van der Waals surface area (Å²) >= 11 is 0. The van der Waals surface area contributed by atoms with Crippen LogP contribution in [0, 0.1) is 5.82 Å². The van der Waals surface area contributed by atoms with Crippen LogP contribution in [-0.2, 0) is 10.2 Å². The minimum Gasteiger partial charge on any atom is -0.378 e. The molecule has 1 aromatic heterocycles. The van der Waals surface area contributed by atoms with E-state index in [4.69, 9.17) is 4.74 Å². The van der Waals surface area contributed by atoms with Gasteiger partial charge in [-0.3, -0.25) is 4.98 Å². The zero-order valence-corrected chi connectivity index (χ0v) is 11.2. The Morgan fingerprint density at radius 2 is 1.94 bits per heavy atom. The zero-order chi connectivity index (χ0) is 12.9. The van der Waals surface area contributed by atoms with Crippen molar-refractivity contribution in [2.75, 3.05) is 6.61 Å². The topological polar surface area (TPSA) is 22.1 Å². The maximum absolute atomic E-state index is 12.9. The summed E-state index contributed by atoms with van der Waals surface area (Å²) in [6.45, 7) is 9.00. The molecule has 0 radical (unpaired) electrons. The number of rotatable bonds is 6. The van der Waals surface area contributed by atoms with E-state index in [0.29, 0.717) is 6.61 Å². The molecule has 0 aromatic carbocycles. The average Bonchev–Trinajstić information content (AvgIpc) is 2.34. The SMILES string of the molecule is CCOC(C)C(CC)(CC)c1ccc(F)cn1. The van der Waals surface area contributed by atoms with Gasteiger partial charge in [-0.1, -0.05) is 13.8 Å². The lowest BCUT2D eigenvalue weighted by atomic mass is 9.74. The minimum absolute atomic E-state index is 0.0838. The van der Waals surface area contributed by atoms with Crippen LogP contribution in [0.1, 0.15) is 46.2 Å². The molecular formula is C14H22FNO. The second-order valence-electron chi connectivity index (χ2n) is 4.32. The van der Waals surface area contributed by atoms with Crippen molar-refractivity contribution in [2.45, 2.75) is 52.1 Å². The van der Waals surface area contributed by atoms with E-state index in [-0.39, 0.29) is 17.3 Å².